The number of hydrogen-bond donors (Lipinski definition) is 2. The number of aromatic nitrogens is 4. The number of carbonyl (C=O) groups excluding carboxylic acids is 1. The third-order valence-corrected chi connectivity index (χ3v) is 3.14. The van der Waals surface area contributed by atoms with Crippen LogP contribution in [0.1, 0.15) is 29.4 Å². The molecule has 1 amide bonds. The lowest BCUT2D eigenvalue weighted by molar-refractivity contribution is -0.141. The van der Waals surface area contributed by atoms with Crippen molar-refractivity contribution in [3.63, 3.8) is 0 Å². The van der Waals surface area contributed by atoms with E-state index in [1.165, 1.54) is 17.0 Å². The summed E-state index contributed by atoms with van der Waals surface area (Å²) in [6.45, 7) is 3.57. The Hall–Kier alpha value is -2.51. The zero-order chi connectivity index (χ0) is 14.7. The van der Waals surface area contributed by atoms with Crippen molar-refractivity contribution in [1.29, 1.82) is 0 Å². The minimum absolute atomic E-state index is 0.0828. The van der Waals surface area contributed by atoms with E-state index >= 15 is 0 Å². The number of carboxylic acid groups (broad SMARTS) is 1. The molecule has 106 valence electrons. The molecule has 1 unspecified atom stereocenters. The summed E-state index contributed by atoms with van der Waals surface area (Å²) in [5.41, 5.74) is 0.955. The fourth-order valence-corrected chi connectivity index (χ4v) is 1.83. The van der Waals surface area contributed by atoms with Gasteiger partial charge in [0.05, 0.1) is 17.2 Å². The van der Waals surface area contributed by atoms with Gasteiger partial charge in [0.2, 0.25) is 0 Å². The van der Waals surface area contributed by atoms with Crippen LogP contribution in [-0.2, 0) is 4.79 Å². The molecule has 0 radical (unpaired) electrons. The zero-order valence-electron chi connectivity index (χ0n) is 11.2. The first-order chi connectivity index (χ1) is 9.54. The van der Waals surface area contributed by atoms with Crippen molar-refractivity contribution in [2.24, 2.45) is 5.92 Å². The number of nitrogens with zero attached hydrogens (tertiary/aromatic N) is 4. The molecule has 2 aromatic heterocycles. The summed E-state index contributed by atoms with van der Waals surface area (Å²) in [6.07, 6.45) is 3.22. The largest absolute Gasteiger partial charge is 0.481 e. The Morgan fingerprint density at radius 3 is 2.85 bits per heavy atom. The van der Waals surface area contributed by atoms with Crippen molar-refractivity contribution < 1.29 is 14.7 Å². The summed E-state index contributed by atoms with van der Waals surface area (Å²) in [5.74, 6) is -1.47. The lowest BCUT2D eigenvalue weighted by atomic mass is 10.1. The predicted molar refractivity (Wildman–Crippen MR) is 69.3 cm³/mol. The fraction of sp³-hybridized carbons (Fsp3) is 0.417. The third kappa shape index (κ3) is 2.58. The fourth-order valence-electron chi connectivity index (χ4n) is 1.83. The van der Waals surface area contributed by atoms with Gasteiger partial charge in [-0.3, -0.25) is 9.59 Å². The Morgan fingerprint density at radius 1 is 1.45 bits per heavy atom. The number of carboxylic acids is 1. The standard InChI is InChI=1S/C12H15N5O3/c1-3-8(11(19)20)4-13-10(18)9-5-14-12-15-6-16-17(12)7(9)2/h5-6,8H,3-4H2,1-2H3,(H,13,18)(H,19,20). The second-order valence-electron chi connectivity index (χ2n) is 4.38. The second kappa shape index (κ2) is 5.64. The van der Waals surface area contributed by atoms with E-state index in [0.717, 1.165) is 0 Å². The van der Waals surface area contributed by atoms with Crippen molar-refractivity contribution in [2.45, 2.75) is 20.3 Å². The maximum atomic E-state index is 12.1. The van der Waals surface area contributed by atoms with Gasteiger partial charge >= 0.3 is 5.97 Å². The molecule has 8 nitrogen and oxygen atoms in total. The molecule has 2 aromatic rings. The maximum absolute atomic E-state index is 12.1. The number of carbonyl (C=O) groups is 2. The Kier molecular flexibility index (Phi) is 3.92. The van der Waals surface area contributed by atoms with E-state index in [4.69, 9.17) is 5.11 Å². The van der Waals surface area contributed by atoms with Gasteiger partial charge in [0.25, 0.3) is 11.7 Å². The molecule has 0 saturated heterocycles. The third-order valence-electron chi connectivity index (χ3n) is 3.14. The lowest BCUT2D eigenvalue weighted by Gasteiger charge is -2.12. The minimum atomic E-state index is -0.922. The Balaban J connectivity index is 2.15. The molecule has 1 atom stereocenters. The molecule has 2 heterocycles. The number of aliphatic carboxylic acids is 1. The zero-order valence-corrected chi connectivity index (χ0v) is 11.2. The van der Waals surface area contributed by atoms with Gasteiger partial charge in [-0.1, -0.05) is 6.92 Å². The number of amides is 1. The number of fused-ring (bicyclic) bond motifs is 1. The quantitative estimate of drug-likeness (QED) is 0.812. The SMILES string of the molecule is CCC(CNC(=O)c1cnc2ncnn2c1C)C(=O)O. The first-order valence-electron chi connectivity index (χ1n) is 6.21. The van der Waals surface area contributed by atoms with Gasteiger partial charge in [-0.2, -0.15) is 10.1 Å². The van der Waals surface area contributed by atoms with Crippen LogP contribution in [0.25, 0.3) is 5.78 Å². The molecule has 0 fully saturated rings. The molecule has 2 rings (SSSR count). The molecule has 2 N–H and O–H groups in total. The molecule has 0 saturated carbocycles. The van der Waals surface area contributed by atoms with Crippen LogP contribution in [0.15, 0.2) is 12.5 Å². The van der Waals surface area contributed by atoms with Crippen molar-refractivity contribution in [3.05, 3.63) is 23.8 Å². The van der Waals surface area contributed by atoms with E-state index in [1.54, 1.807) is 13.8 Å². The Bertz CT molecular complexity index is 652. The summed E-state index contributed by atoms with van der Waals surface area (Å²) < 4.78 is 1.46. The van der Waals surface area contributed by atoms with Crippen LogP contribution in [0, 0.1) is 12.8 Å². The summed E-state index contributed by atoms with van der Waals surface area (Å²) >= 11 is 0. The second-order valence-corrected chi connectivity index (χ2v) is 4.38. The monoisotopic (exact) mass is 277 g/mol. The van der Waals surface area contributed by atoms with Crippen molar-refractivity contribution >= 4 is 17.7 Å². The molecular formula is C12H15N5O3. The molecule has 0 bridgehead atoms. The summed E-state index contributed by atoms with van der Waals surface area (Å²) in [7, 11) is 0. The highest BCUT2D eigenvalue weighted by Crippen LogP contribution is 2.08. The van der Waals surface area contributed by atoms with Crippen molar-refractivity contribution in [2.75, 3.05) is 6.54 Å². The molecule has 0 aliphatic carbocycles. The molecule has 0 aliphatic heterocycles. The molecule has 20 heavy (non-hydrogen) atoms. The van der Waals surface area contributed by atoms with Crippen molar-refractivity contribution in [3.8, 4) is 0 Å². The van der Waals surface area contributed by atoms with E-state index in [-0.39, 0.29) is 12.5 Å². The van der Waals surface area contributed by atoms with Crippen LogP contribution in [0.3, 0.4) is 0 Å². The van der Waals surface area contributed by atoms with E-state index in [9.17, 15) is 9.59 Å². The predicted octanol–water partition coefficient (Wildman–Crippen LogP) is 0.273. The highest BCUT2D eigenvalue weighted by molar-refractivity contribution is 5.95. The molecule has 0 aromatic carbocycles. The highest BCUT2D eigenvalue weighted by atomic mass is 16.4. The highest BCUT2D eigenvalue weighted by Gasteiger charge is 2.18. The van der Waals surface area contributed by atoms with Crippen LogP contribution in [0.5, 0.6) is 0 Å². The normalized spacial score (nSPS) is 12.3. The van der Waals surface area contributed by atoms with Crippen LogP contribution in [0.2, 0.25) is 0 Å². The average Bonchev–Trinajstić information content (AvgIpc) is 2.88. The van der Waals surface area contributed by atoms with Crippen molar-refractivity contribution in [1.82, 2.24) is 24.9 Å². The van der Waals surface area contributed by atoms with E-state index in [0.29, 0.717) is 23.5 Å². The first-order valence-corrected chi connectivity index (χ1v) is 6.21. The summed E-state index contributed by atoms with van der Waals surface area (Å²) in [4.78, 5) is 30.9. The molecule has 8 heteroatoms. The number of rotatable bonds is 5. The molecular weight excluding hydrogens is 262 g/mol. The lowest BCUT2D eigenvalue weighted by Crippen LogP contribution is -2.33. The average molecular weight is 277 g/mol. The Labute approximate surface area is 114 Å². The van der Waals surface area contributed by atoms with Gasteiger partial charge in [-0.15, -0.1) is 0 Å². The summed E-state index contributed by atoms with van der Waals surface area (Å²) in [6, 6.07) is 0. The van der Waals surface area contributed by atoms with Gasteiger partial charge in [-0.05, 0) is 13.3 Å². The van der Waals surface area contributed by atoms with E-state index in [2.05, 4.69) is 20.4 Å². The van der Waals surface area contributed by atoms with Crippen LogP contribution < -0.4 is 5.32 Å². The van der Waals surface area contributed by atoms with Gasteiger partial charge in [0.15, 0.2) is 0 Å². The van der Waals surface area contributed by atoms with Gasteiger partial charge in [-0.25, -0.2) is 9.50 Å². The number of aryl methyl sites for hydroxylation is 1. The summed E-state index contributed by atoms with van der Waals surface area (Å²) in [5, 5.41) is 15.5. The topological polar surface area (TPSA) is 109 Å². The van der Waals surface area contributed by atoms with Gasteiger partial charge in [0, 0.05) is 12.7 Å². The Morgan fingerprint density at radius 2 is 2.20 bits per heavy atom. The maximum Gasteiger partial charge on any atom is 0.308 e. The smallest absolute Gasteiger partial charge is 0.308 e. The van der Waals surface area contributed by atoms with E-state index in [1.807, 2.05) is 0 Å². The molecule has 0 spiro atoms. The number of nitrogens with one attached hydrogen (secondary N) is 1. The molecule has 0 aliphatic rings. The van der Waals surface area contributed by atoms with E-state index < -0.39 is 11.9 Å². The van der Waals surface area contributed by atoms with Gasteiger partial charge < -0.3 is 10.4 Å². The minimum Gasteiger partial charge on any atom is -0.481 e. The van der Waals surface area contributed by atoms with Gasteiger partial charge in [0.1, 0.15) is 6.33 Å². The van der Waals surface area contributed by atoms with Crippen LogP contribution in [-0.4, -0.2) is 43.1 Å². The van der Waals surface area contributed by atoms with Crippen LogP contribution in [0.4, 0.5) is 0 Å². The first kappa shape index (κ1) is 13.9. The number of hydrogen-bond acceptors (Lipinski definition) is 5. The van der Waals surface area contributed by atoms with Crippen LogP contribution >= 0.6 is 0 Å².